The van der Waals surface area contributed by atoms with Crippen LogP contribution >= 0.6 is 23.4 Å². The molecule has 1 heterocycles. The molecule has 0 aliphatic rings. The second kappa shape index (κ2) is 6.84. The van der Waals surface area contributed by atoms with E-state index in [2.05, 4.69) is 10.3 Å². The predicted octanol–water partition coefficient (Wildman–Crippen LogP) is 4.21. The first-order chi connectivity index (χ1) is 10.7. The van der Waals surface area contributed by atoms with Gasteiger partial charge in [-0.2, -0.15) is 13.2 Å². The van der Waals surface area contributed by atoms with Gasteiger partial charge in [0.1, 0.15) is 0 Å². The summed E-state index contributed by atoms with van der Waals surface area (Å²) >= 11 is 6.75. The summed E-state index contributed by atoms with van der Waals surface area (Å²) in [5.41, 5.74) is -0.944. The van der Waals surface area contributed by atoms with Crippen LogP contribution in [-0.4, -0.2) is 20.7 Å². The van der Waals surface area contributed by atoms with E-state index in [1.807, 2.05) is 0 Å². The molecule has 0 bridgehead atoms. The first-order valence-electron chi connectivity index (χ1n) is 6.50. The minimum atomic E-state index is -4.58. The number of thioether (sulfide) groups is 1. The van der Waals surface area contributed by atoms with E-state index in [-0.39, 0.29) is 5.69 Å². The molecular weight excluding hydrogens is 351 g/mol. The van der Waals surface area contributed by atoms with Crippen LogP contribution in [0.1, 0.15) is 12.5 Å². The van der Waals surface area contributed by atoms with Gasteiger partial charge in [0.25, 0.3) is 0 Å². The molecule has 23 heavy (non-hydrogen) atoms. The van der Waals surface area contributed by atoms with Gasteiger partial charge >= 0.3 is 6.18 Å². The molecule has 9 heteroatoms. The molecule has 1 amide bonds. The maximum atomic E-state index is 12.8. The number of imidazole rings is 1. The van der Waals surface area contributed by atoms with E-state index in [9.17, 15) is 18.0 Å². The van der Waals surface area contributed by atoms with Gasteiger partial charge in [-0.15, -0.1) is 0 Å². The Kier molecular flexibility index (Phi) is 5.26. The number of hydrogen-bond donors (Lipinski definition) is 1. The zero-order valence-corrected chi connectivity index (χ0v) is 13.8. The van der Waals surface area contributed by atoms with Crippen molar-refractivity contribution in [2.24, 2.45) is 7.05 Å². The van der Waals surface area contributed by atoms with Crippen molar-refractivity contribution in [2.45, 2.75) is 23.5 Å². The lowest BCUT2D eigenvalue weighted by Crippen LogP contribution is -2.23. The fraction of sp³-hybridized carbons (Fsp3) is 0.286. The number of amides is 1. The minimum absolute atomic E-state index is 0.0408. The Morgan fingerprint density at radius 1 is 1.43 bits per heavy atom. The molecule has 0 spiro atoms. The van der Waals surface area contributed by atoms with Crippen LogP contribution < -0.4 is 5.32 Å². The molecular formula is C14H13ClF3N3OS. The van der Waals surface area contributed by atoms with Crippen LogP contribution in [-0.2, 0) is 18.0 Å². The fourth-order valence-corrected chi connectivity index (χ4v) is 2.80. The molecule has 0 saturated carbocycles. The number of nitrogens with zero attached hydrogens (tertiary/aromatic N) is 2. The van der Waals surface area contributed by atoms with Crippen molar-refractivity contribution in [3.63, 3.8) is 0 Å². The molecule has 2 aromatic rings. The predicted molar refractivity (Wildman–Crippen MR) is 83.6 cm³/mol. The zero-order chi connectivity index (χ0) is 17.2. The molecule has 1 aromatic carbocycles. The first-order valence-corrected chi connectivity index (χ1v) is 7.76. The summed E-state index contributed by atoms with van der Waals surface area (Å²) in [5.74, 6) is -0.423. The van der Waals surface area contributed by atoms with Crippen molar-refractivity contribution >= 4 is 35.0 Å². The number of rotatable bonds is 4. The van der Waals surface area contributed by atoms with Crippen LogP contribution in [0.4, 0.5) is 18.9 Å². The van der Waals surface area contributed by atoms with E-state index in [0.29, 0.717) is 5.16 Å². The smallest absolute Gasteiger partial charge is 0.329 e. The topological polar surface area (TPSA) is 46.9 Å². The molecule has 1 atom stereocenters. The largest absolute Gasteiger partial charge is 0.417 e. The Morgan fingerprint density at radius 3 is 2.70 bits per heavy atom. The average Bonchev–Trinajstić information content (AvgIpc) is 2.85. The van der Waals surface area contributed by atoms with Crippen molar-refractivity contribution in [1.29, 1.82) is 0 Å². The molecule has 124 valence electrons. The Labute approximate surface area is 140 Å². The number of aromatic nitrogens is 2. The van der Waals surface area contributed by atoms with E-state index in [1.165, 1.54) is 17.8 Å². The second-order valence-corrected chi connectivity index (χ2v) is 6.48. The number of alkyl halides is 3. The zero-order valence-electron chi connectivity index (χ0n) is 12.2. The van der Waals surface area contributed by atoms with Crippen molar-refractivity contribution in [3.05, 3.63) is 41.2 Å². The third-order valence-electron chi connectivity index (χ3n) is 2.97. The number of benzene rings is 1. The first kappa shape index (κ1) is 17.7. The molecule has 2 rings (SSSR count). The quantitative estimate of drug-likeness (QED) is 0.828. The van der Waals surface area contributed by atoms with Gasteiger partial charge in [0.2, 0.25) is 5.91 Å². The van der Waals surface area contributed by atoms with Crippen molar-refractivity contribution < 1.29 is 18.0 Å². The van der Waals surface area contributed by atoms with E-state index >= 15 is 0 Å². The molecule has 1 aromatic heterocycles. The Bertz CT molecular complexity index is 718. The highest BCUT2D eigenvalue weighted by molar-refractivity contribution is 8.00. The number of nitrogens with one attached hydrogen (secondary N) is 1. The Balaban J connectivity index is 2.09. The molecule has 4 nitrogen and oxygen atoms in total. The number of carbonyl (C=O) groups excluding carboxylic acids is 1. The lowest BCUT2D eigenvalue weighted by atomic mass is 10.2. The van der Waals surface area contributed by atoms with Crippen LogP contribution in [0, 0.1) is 0 Å². The molecule has 0 radical (unpaired) electrons. The molecule has 0 saturated heterocycles. The standard InChI is InChI=1S/C14H13ClF3N3OS/c1-8(23-13-19-5-6-21(13)2)12(22)20-9-3-4-11(15)10(7-9)14(16,17)18/h3-8H,1-2H3,(H,20,22)/t8-/m1/s1. The van der Waals surface area contributed by atoms with Gasteiger partial charge in [0.05, 0.1) is 15.8 Å². The van der Waals surface area contributed by atoms with Crippen LogP contribution in [0.3, 0.4) is 0 Å². The summed E-state index contributed by atoms with van der Waals surface area (Å²) in [6.45, 7) is 1.65. The average molecular weight is 364 g/mol. The molecule has 0 unspecified atom stereocenters. The summed E-state index contributed by atoms with van der Waals surface area (Å²) in [7, 11) is 1.79. The van der Waals surface area contributed by atoms with Gasteiger partial charge in [0, 0.05) is 25.1 Å². The van der Waals surface area contributed by atoms with Crippen LogP contribution in [0.15, 0.2) is 35.7 Å². The summed E-state index contributed by atoms with van der Waals surface area (Å²) in [6, 6.07) is 3.25. The van der Waals surface area contributed by atoms with E-state index in [4.69, 9.17) is 11.6 Å². The lowest BCUT2D eigenvalue weighted by molar-refractivity contribution is -0.137. The molecule has 1 N–H and O–H groups in total. The van der Waals surface area contributed by atoms with Crippen molar-refractivity contribution in [3.8, 4) is 0 Å². The highest BCUT2D eigenvalue weighted by Gasteiger charge is 2.33. The third-order valence-corrected chi connectivity index (χ3v) is 4.47. The number of anilines is 1. The maximum Gasteiger partial charge on any atom is 0.417 e. The third kappa shape index (κ3) is 4.42. The minimum Gasteiger partial charge on any atom is -0.329 e. The fourth-order valence-electron chi connectivity index (χ4n) is 1.74. The van der Waals surface area contributed by atoms with Crippen LogP contribution in [0.2, 0.25) is 5.02 Å². The van der Waals surface area contributed by atoms with Crippen molar-refractivity contribution in [1.82, 2.24) is 9.55 Å². The van der Waals surface area contributed by atoms with Crippen LogP contribution in [0.5, 0.6) is 0 Å². The monoisotopic (exact) mass is 363 g/mol. The number of carbonyl (C=O) groups is 1. The van der Waals surface area contributed by atoms with Gasteiger partial charge < -0.3 is 9.88 Å². The van der Waals surface area contributed by atoms with Gasteiger partial charge in [-0.05, 0) is 25.1 Å². The van der Waals surface area contributed by atoms with Gasteiger partial charge in [0.15, 0.2) is 5.16 Å². The highest BCUT2D eigenvalue weighted by atomic mass is 35.5. The highest BCUT2D eigenvalue weighted by Crippen LogP contribution is 2.36. The summed E-state index contributed by atoms with van der Waals surface area (Å²) in [4.78, 5) is 16.2. The Hall–Kier alpha value is -1.67. The van der Waals surface area contributed by atoms with E-state index in [1.54, 1.807) is 30.9 Å². The van der Waals surface area contributed by atoms with Gasteiger partial charge in [-0.25, -0.2) is 4.98 Å². The van der Waals surface area contributed by atoms with Gasteiger partial charge in [-0.1, -0.05) is 23.4 Å². The van der Waals surface area contributed by atoms with E-state index in [0.717, 1.165) is 12.1 Å². The number of aryl methyl sites for hydroxylation is 1. The lowest BCUT2D eigenvalue weighted by Gasteiger charge is -2.14. The van der Waals surface area contributed by atoms with Gasteiger partial charge in [-0.3, -0.25) is 4.79 Å². The number of halogens is 4. The summed E-state index contributed by atoms with van der Waals surface area (Å²) in [6.07, 6.45) is -1.24. The van der Waals surface area contributed by atoms with Crippen molar-refractivity contribution in [2.75, 3.05) is 5.32 Å². The maximum absolute atomic E-state index is 12.8. The Morgan fingerprint density at radius 2 is 2.13 bits per heavy atom. The summed E-state index contributed by atoms with van der Waals surface area (Å²) in [5, 5.41) is 2.16. The molecule has 0 aliphatic carbocycles. The van der Waals surface area contributed by atoms with Crippen LogP contribution in [0.25, 0.3) is 0 Å². The van der Waals surface area contributed by atoms with E-state index < -0.39 is 27.9 Å². The normalized spacial score (nSPS) is 13.0. The molecule has 0 aliphatic heterocycles. The summed E-state index contributed by atoms with van der Waals surface area (Å²) < 4.78 is 40.2. The SMILES string of the molecule is C[C@@H](Sc1nccn1C)C(=O)Nc1ccc(Cl)c(C(F)(F)F)c1. The number of hydrogen-bond acceptors (Lipinski definition) is 3. The second-order valence-electron chi connectivity index (χ2n) is 4.76. The molecule has 0 fully saturated rings.